The second-order valence-electron chi connectivity index (χ2n) is 6.06. The molecule has 0 spiro atoms. The molecule has 106 valence electrons. The predicted octanol–water partition coefficient (Wildman–Crippen LogP) is 4.29. The van der Waals surface area contributed by atoms with Crippen LogP contribution >= 0.6 is 0 Å². The van der Waals surface area contributed by atoms with Crippen molar-refractivity contribution in [2.24, 2.45) is 5.41 Å². The summed E-state index contributed by atoms with van der Waals surface area (Å²) >= 11 is 0. The van der Waals surface area contributed by atoms with Crippen molar-refractivity contribution in [1.82, 2.24) is 4.98 Å². The molecule has 1 heterocycles. The third kappa shape index (κ3) is 4.41. The molecule has 19 heavy (non-hydrogen) atoms. The fourth-order valence-corrected chi connectivity index (χ4v) is 2.77. The van der Waals surface area contributed by atoms with Crippen LogP contribution in [0.5, 0.6) is 0 Å². The number of hydrogen-bond acceptors (Lipinski definition) is 3. The van der Waals surface area contributed by atoms with Crippen LogP contribution in [0, 0.1) is 5.41 Å². The van der Waals surface area contributed by atoms with Crippen molar-refractivity contribution in [3.05, 3.63) is 18.2 Å². The van der Waals surface area contributed by atoms with E-state index >= 15 is 0 Å². The molecule has 2 rings (SSSR count). The highest BCUT2D eigenvalue weighted by molar-refractivity contribution is 5.45. The Morgan fingerprint density at radius 1 is 1.11 bits per heavy atom. The van der Waals surface area contributed by atoms with Gasteiger partial charge in [-0.15, -0.1) is 0 Å². The maximum atomic E-state index is 4.60. The molecule has 1 aliphatic carbocycles. The Labute approximate surface area is 117 Å². The van der Waals surface area contributed by atoms with Crippen molar-refractivity contribution < 1.29 is 0 Å². The summed E-state index contributed by atoms with van der Waals surface area (Å²) in [7, 11) is 0. The van der Waals surface area contributed by atoms with Crippen LogP contribution in [0.1, 0.15) is 52.4 Å². The van der Waals surface area contributed by atoms with Gasteiger partial charge < -0.3 is 10.6 Å². The predicted molar refractivity (Wildman–Crippen MR) is 82.7 cm³/mol. The molecule has 3 heteroatoms. The fraction of sp³-hybridized carbons (Fsp3) is 0.688. The van der Waals surface area contributed by atoms with Gasteiger partial charge in [0.05, 0.1) is 0 Å². The fourth-order valence-electron chi connectivity index (χ4n) is 2.77. The zero-order valence-electron chi connectivity index (χ0n) is 12.3. The highest BCUT2D eigenvalue weighted by atomic mass is 15.1. The summed E-state index contributed by atoms with van der Waals surface area (Å²) in [6.07, 6.45) is 7.97. The SMILES string of the molecule is CCCNc1cccc(NCC2(C)CCCCC2)n1. The van der Waals surface area contributed by atoms with E-state index in [9.17, 15) is 0 Å². The summed E-state index contributed by atoms with van der Waals surface area (Å²) in [6.45, 7) is 6.59. The van der Waals surface area contributed by atoms with Gasteiger partial charge in [-0.1, -0.05) is 39.2 Å². The molecule has 1 aliphatic rings. The van der Waals surface area contributed by atoms with Gasteiger partial charge in [-0.2, -0.15) is 0 Å². The van der Waals surface area contributed by atoms with Crippen LogP contribution in [0.25, 0.3) is 0 Å². The zero-order chi connectivity index (χ0) is 13.6. The summed E-state index contributed by atoms with van der Waals surface area (Å²) < 4.78 is 0. The molecular weight excluding hydrogens is 234 g/mol. The van der Waals surface area contributed by atoms with E-state index in [2.05, 4.69) is 41.6 Å². The van der Waals surface area contributed by atoms with Crippen molar-refractivity contribution >= 4 is 11.6 Å². The van der Waals surface area contributed by atoms with Crippen LogP contribution < -0.4 is 10.6 Å². The molecule has 1 aromatic heterocycles. The van der Waals surface area contributed by atoms with E-state index in [4.69, 9.17) is 0 Å². The summed E-state index contributed by atoms with van der Waals surface area (Å²) in [5.41, 5.74) is 0.451. The Morgan fingerprint density at radius 3 is 2.47 bits per heavy atom. The van der Waals surface area contributed by atoms with Crippen LogP contribution in [0.4, 0.5) is 11.6 Å². The van der Waals surface area contributed by atoms with Gasteiger partial charge in [-0.05, 0) is 36.8 Å². The topological polar surface area (TPSA) is 37.0 Å². The third-order valence-electron chi connectivity index (χ3n) is 4.06. The minimum atomic E-state index is 0.451. The number of anilines is 2. The first-order valence-corrected chi connectivity index (χ1v) is 7.67. The van der Waals surface area contributed by atoms with E-state index in [1.54, 1.807) is 0 Å². The van der Waals surface area contributed by atoms with E-state index in [0.29, 0.717) is 5.41 Å². The molecule has 2 N–H and O–H groups in total. The lowest BCUT2D eigenvalue weighted by molar-refractivity contribution is 0.233. The molecule has 1 fully saturated rings. The lowest BCUT2D eigenvalue weighted by Crippen LogP contribution is -2.29. The standard InChI is InChI=1S/C16H27N3/c1-3-12-17-14-8-7-9-15(19-14)18-13-16(2)10-5-4-6-11-16/h7-9H,3-6,10-13H2,1-2H3,(H2,17,18,19). The molecule has 0 atom stereocenters. The number of rotatable bonds is 6. The number of nitrogens with zero attached hydrogens (tertiary/aromatic N) is 1. The molecule has 1 aromatic rings. The van der Waals surface area contributed by atoms with Crippen LogP contribution in [-0.2, 0) is 0 Å². The summed E-state index contributed by atoms with van der Waals surface area (Å²) in [6, 6.07) is 6.16. The van der Waals surface area contributed by atoms with Gasteiger partial charge in [0.2, 0.25) is 0 Å². The highest BCUT2D eigenvalue weighted by Crippen LogP contribution is 2.35. The first-order chi connectivity index (χ1) is 9.22. The van der Waals surface area contributed by atoms with Crippen molar-refractivity contribution in [3.63, 3.8) is 0 Å². The normalized spacial score (nSPS) is 18.0. The Hall–Kier alpha value is -1.25. The lowest BCUT2D eigenvalue weighted by Gasteiger charge is -2.33. The maximum absolute atomic E-state index is 4.60. The summed E-state index contributed by atoms with van der Waals surface area (Å²) in [5, 5.41) is 6.85. The zero-order valence-corrected chi connectivity index (χ0v) is 12.3. The second-order valence-corrected chi connectivity index (χ2v) is 6.06. The Kier molecular flexibility index (Phi) is 5.06. The Balaban J connectivity index is 1.88. The van der Waals surface area contributed by atoms with Gasteiger partial charge in [0.1, 0.15) is 11.6 Å². The molecular formula is C16H27N3. The van der Waals surface area contributed by atoms with Crippen LogP contribution in [0.2, 0.25) is 0 Å². The number of aromatic nitrogens is 1. The first kappa shape index (κ1) is 14.2. The van der Waals surface area contributed by atoms with Gasteiger partial charge in [-0.3, -0.25) is 0 Å². The summed E-state index contributed by atoms with van der Waals surface area (Å²) in [5.74, 6) is 1.97. The third-order valence-corrected chi connectivity index (χ3v) is 4.06. The Bertz CT molecular complexity index is 383. The molecule has 0 aliphatic heterocycles. The number of pyridine rings is 1. The van der Waals surface area contributed by atoms with Gasteiger partial charge in [0, 0.05) is 13.1 Å². The van der Waals surface area contributed by atoms with E-state index in [0.717, 1.165) is 31.1 Å². The molecule has 0 bridgehead atoms. The average molecular weight is 261 g/mol. The van der Waals surface area contributed by atoms with Crippen molar-refractivity contribution in [1.29, 1.82) is 0 Å². The van der Waals surface area contributed by atoms with Gasteiger partial charge >= 0.3 is 0 Å². The minimum Gasteiger partial charge on any atom is -0.370 e. The molecule has 0 unspecified atom stereocenters. The molecule has 0 aromatic carbocycles. The lowest BCUT2D eigenvalue weighted by atomic mass is 9.76. The Morgan fingerprint density at radius 2 is 1.79 bits per heavy atom. The van der Waals surface area contributed by atoms with E-state index in [1.165, 1.54) is 32.1 Å². The van der Waals surface area contributed by atoms with Gasteiger partial charge in [0.25, 0.3) is 0 Å². The van der Waals surface area contributed by atoms with Crippen LogP contribution in [0.3, 0.4) is 0 Å². The quantitative estimate of drug-likeness (QED) is 0.802. The van der Waals surface area contributed by atoms with Crippen molar-refractivity contribution in [2.45, 2.75) is 52.4 Å². The van der Waals surface area contributed by atoms with Crippen LogP contribution in [0.15, 0.2) is 18.2 Å². The van der Waals surface area contributed by atoms with Crippen molar-refractivity contribution in [2.75, 3.05) is 23.7 Å². The minimum absolute atomic E-state index is 0.451. The molecule has 1 saturated carbocycles. The maximum Gasteiger partial charge on any atom is 0.128 e. The first-order valence-electron chi connectivity index (χ1n) is 7.67. The smallest absolute Gasteiger partial charge is 0.128 e. The largest absolute Gasteiger partial charge is 0.370 e. The van der Waals surface area contributed by atoms with E-state index in [1.807, 2.05) is 6.07 Å². The average Bonchev–Trinajstić information content (AvgIpc) is 2.44. The summed E-state index contributed by atoms with van der Waals surface area (Å²) in [4.78, 5) is 4.60. The molecule has 0 saturated heterocycles. The molecule has 0 amide bonds. The number of hydrogen-bond donors (Lipinski definition) is 2. The molecule has 0 radical (unpaired) electrons. The van der Waals surface area contributed by atoms with E-state index < -0.39 is 0 Å². The van der Waals surface area contributed by atoms with E-state index in [-0.39, 0.29) is 0 Å². The monoisotopic (exact) mass is 261 g/mol. The van der Waals surface area contributed by atoms with Gasteiger partial charge in [0.15, 0.2) is 0 Å². The number of nitrogens with one attached hydrogen (secondary N) is 2. The molecule has 3 nitrogen and oxygen atoms in total. The second kappa shape index (κ2) is 6.78. The van der Waals surface area contributed by atoms with Gasteiger partial charge in [-0.25, -0.2) is 4.98 Å². The van der Waals surface area contributed by atoms with Crippen molar-refractivity contribution in [3.8, 4) is 0 Å². The highest BCUT2D eigenvalue weighted by Gasteiger charge is 2.26. The van der Waals surface area contributed by atoms with Crippen LogP contribution in [-0.4, -0.2) is 18.1 Å².